The summed E-state index contributed by atoms with van der Waals surface area (Å²) < 4.78 is 28.5. The number of nitrogens with one attached hydrogen (secondary N) is 1. The van der Waals surface area contributed by atoms with Gasteiger partial charge in [0.15, 0.2) is 0 Å². The summed E-state index contributed by atoms with van der Waals surface area (Å²) in [5.41, 5.74) is 1.06. The molecule has 0 spiro atoms. The molecule has 1 aliphatic rings. The Bertz CT molecular complexity index is 991. The highest BCUT2D eigenvalue weighted by Gasteiger charge is 2.26. The number of carbonyl (C=O) groups is 1. The largest absolute Gasteiger partial charge is 0.496 e. The number of hydrogen-bond acceptors (Lipinski definition) is 5. The highest BCUT2D eigenvalue weighted by atomic mass is 35.5. The van der Waals surface area contributed by atoms with Gasteiger partial charge < -0.3 is 10.1 Å². The van der Waals surface area contributed by atoms with Gasteiger partial charge in [-0.15, -0.1) is 0 Å². The van der Waals surface area contributed by atoms with E-state index in [2.05, 4.69) is 10.2 Å². The zero-order chi connectivity index (χ0) is 21.0. The number of halogens is 1. The molecule has 7 nitrogen and oxygen atoms in total. The average molecular weight is 438 g/mol. The van der Waals surface area contributed by atoms with Gasteiger partial charge in [0.05, 0.1) is 23.6 Å². The third kappa shape index (κ3) is 5.08. The minimum Gasteiger partial charge on any atom is -0.496 e. The van der Waals surface area contributed by atoms with Crippen molar-refractivity contribution in [3.05, 3.63) is 58.6 Å². The third-order valence-corrected chi connectivity index (χ3v) is 6.30. The maximum Gasteiger partial charge on any atom is 0.255 e. The molecule has 0 saturated carbocycles. The Hall–Kier alpha value is -2.13. The molecule has 2 aromatic rings. The number of likely N-dealkylation sites (tertiary alicyclic amines) is 1. The molecule has 1 atom stereocenters. The number of ether oxygens (including phenoxy) is 1. The number of sulfonamides is 1. The number of benzene rings is 2. The van der Waals surface area contributed by atoms with E-state index in [0.29, 0.717) is 11.6 Å². The normalized spacial score (nSPS) is 15.8. The molecule has 1 fully saturated rings. The molecular weight excluding hydrogens is 414 g/mol. The highest BCUT2D eigenvalue weighted by molar-refractivity contribution is 7.89. The molecule has 0 unspecified atom stereocenters. The van der Waals surface area contributed by atoms with Gasteiger partial charge in [-0.2, -0.15) is 0 Å². The number of amides is 1. The Kier molecular flexibility index (Phi) is 6.79. The van der Waals surface area contributed by atoms with Crippen molar-refractivity contribution in [1.82, 2.24) is 10.2 Å². The van der Waals surface area contributed by atoms with E-state index in [0.717, 1.165) is 31.5 Å². The molecule has 1 saturated heterocycles. The molecule has 0 bridgehead atoms. The van der Waals surface area contributed by atoms with Crippen LogP contribution in [0.1, 0.15) is 34.8 Å². The molecule has 0 aromatic heterocycles. The summed E-state index contributed by atoms with van der Waals surface area (Å²) in [6.45, 7) is 2.18. The standard InChI is InChI=1S/C20H24ClN3O4S/c1-28-19-9-8-14(29(22,26)27)12-16(19)20(25)23-13-18(24-10-4-5-11-24)15-6-2-3-7-17(15)21/h2-3,6-9,12,18H,4-5,10-11,13H2,1H3,(H,23,25)(H2,22,26,27)/t18-/m0/s1. The van der Waals surface area contributed by atoms with E-state index in [1.165, 1.54) is 25.3 Å². The van der Waals surface area contributed by atoms with Crippen LogP contribution >= 0.6 is 11.6 Å². The second-order valence-electron chi connectivity index (χ2n) is 6.90. The van der Waals surface area contributed by atoms with Crippen LogP contribution in [0.5, 0.6) is 5.75 Å². The van der Waals surface area contributed by atoms with Crippen LogP contribution < -0.4 is 15.2 Å². The van der Waals surface area contributed by atoms with E-state index < -0.39 is 15.9 Å². The Morgan fingerprint density at radius 3 is 2.55 bits per heavy atom. The van der Waals surface area contributed by atoms with Crippen LogP contribution in [0, 0.1) is 0 Å². The van der Waals surface area contributed by atoms with Gasteiger partial charge in [-0.25, -0.2) is 13.6 Å². The summed E-state index contributed by atoms with van der Waals surface area (Å²) in [7, 11) is -2.52. The van der Waals surface area contributed by atoms with Crippen LogP contribution in [0.15, 0.2) is 47.4 Å². The zero-order valence-electron chi connectivity index (χ0n) is 16.1. The molecule has 1 heterocycles. The van der Waals surface area contributed by atoms with Crippen LogP contribution in [0.25, 0.3) is 0 Å². The van der Waals surface area contributed by atoms with Crippen molar-refractivity contribution < 1.29 is 17.9 Å². The smallest absolute Gasteiger partial charge is 0.255 e. The first-order valence-corrected chi connectivity index (χ1v) is 11.2. The summed E-state index contributed by atoms with van der Waals surface area (Å²) in [6.07, 6.45) is 2.19. The van der Waals surface area contributed by atoms with Crippen LogP contribution in [0.2, 0.25) is 5.02 Å². The van der Waals surface area contributed by atoms with Gasteiger partial charge in [-0.1, -0.05) is 29.8 Å². The molecule has 3 rings (SSSR count). The lowest BCUT2D eigenvalue weighted by atomic mass is 10.0. The molecule has 0 radical (unpaired) electrons. The molecule has 9 heteroatoms. The Labute approximate surface area is 175 Å². The average Bonchev–Trinajstić information content (AvgIpc) is 3.22. The maximum atomic E-state index is 12.9. The van der Waals surface area contributed by atoms with E-state index in [9.17, 15) is 13.2 Å². The summed E-state index contributed by atoms with van der Waals surface area (Å²) >= 11 is 6.41. The van der Waals surface area contributed by atoms with Gasteiger partial charge in [0.2, 0.25) is 10.0 Å². The first kappa shape index (κ1) is 21.6. The van der Waals surface area contributed by atoms with E-state index in [1.54, 1.807) is 0 Å². The summed E-state index contributed by atoms with van der Waals surface area (Å²) in [6, 6.07) is 11.5. The van der Waals surface area contributed by atoms with Gasteiger partial charge in [0.1, 0.15) is 5.75 Å². The first-order chi connectivity index (χ1) is 13.8. The van der Waals surface area contributed by atoms with Crippen LogP contribution in [0.4, 0.5) is 0 Å². The molecule has 1 aliphatic heterocycles. The summed E-state index contributed by atoms with van der Waals surface area (Å²) in [5.74, 6) is -0.172. The predicted octanol–water partition coefficient (Wildman–Crippen LogP) is 2.56. The Morgan fingerprint density at radius 1 is 1.24 bits per heavy atom. The molecule has 0 aliphatic carbocycles. The lowest BCUT2D eigenvalue weighted by Gasteiger charge is -2.29. The second kappa shape index (κ2) is 9.13. The van der Waals surface area contributed by atoms with Crippen molar-refractivity contribution >= 4 is 27.5 Å². The molecule has 1 amide bonds. The fourth-order valence-electron chi connectivity index (χ4n) is 3.56. The highest BCUT2D eigenvalue weighted by Crippen LogP contribution is 2.30. The van der Waals surface area contributed by atoms with E-state index >= 15 is 0 Å². The number of carbonyl (C=O) groups excluding carboxylic acids is 1. The summed E-state index contributed by atoms with van der Waals surface area (Å²) in [5, 5.41) is 8.74. The van der Waals surface area contributed by atoms with Gasteiger partial charge in [0.25, 0.3) is 5.91 Å². The van der Waals surface area contributed by atoms with Crippen molar-refractivity contribution in [3.63, 3.8) is 0 Å². The van der Waals surface area contributed by atoms with Gasteiger partial charge in [0, 0.05) is 11.6 Å². The zero-order valence-corrected chi connectivity index (χ0v) is 17.7. The minimum atomic E-state index is -3.94. The van der Waals surface area contributed by atoms with Crippen molar-refractivity contribution in [1.29, 1.82) is 0 Å². The second-order valence-corrected chi connectivity index (χ2v) is 8.87. The Balaban J connectivity index is 1.84. The predicted molar refractivity (Wildman–Crippen MR) is 112 cm³/mol. The van der Waals surface area contributed by atoms with E-state index in [-0.39, 0.29) is 22.3 Å². The fourth-order valence-corrected chi connectivity index (χ4v) is 4.36. The number of nitrogens with zero attached hydrogens (tertiary/aromatic N) is 1. The number of methoxy groups -OCH3 is 1. The lowest BCUT2D eigenvalue weighted by molar-refractivity contribution is 0.0934. The van der Waals surface area contributed by atoms with Crippen molar-refractivity contribution in [3.8, 4) is 5.75 Å². The maximum absolute atomic E-state index is 12.9. The molecule has 3 N–H and O–H groups in total. The molecule has 2 aromatic carbocycles. The topological polar surface area (TPSA) is 102 Å². The van der Waals surface area contributed by atoms with Crippen molar-refractivity contribution in [2.24, 2.45) is 5.14 Å². The number of hydrogen-bond donors (Lipinski definition) is 2. The van der Waals surface area contributed by atoms with Crippen molar-refractivity contribution in [2.75, 3.05) is 26.7 Å². The fraction of sp³-hybridized carbons (Fsp3) is 0.350. The molecule has 156 valence electrons. The quantitative estimate of drug-likeness (QED) is 0.693. The Morgan fingerprint density at radius 2 is 1.93 bits per heavy atom. The van der Waals surface area contributed by atoms with Crippen molar-refractivity contribution in [2.45, 2.75) is 23.8 Å². The molecular formula is C20H24ClN3O4S. The van der Waals surface area contributed by atoms with E-state index in [4.69, 9.17) is 21.5 Å². The van der Waals surface area contributed by atoms with Gasteiger partial charge in [-0.3, -0.25) is 9.69 Å². The minimum absolute atomic E-state index is 0.0810. The van der Waals surface area contributed by atoms with Crippen LogP contribution in [-0.4, -0.2) is 46.0 Å². The van der Waals surface area contributed by atoms with Crippen LogP contribution in [0.3, 0.4) is 0 Å². The number of nitrogens with two attached hydrogens (primary N) is 1. The summed E-state index contributed by atoms with van der Waals surface area (Å²) in [4.78, 5) is 15.0. The lowest BCUT2D eigenvalue weighted by Crippen LogP contribution is -2.37. The van der Waals surface area contributed by atoms with E-state index in [1.807, 2.05) is 24.3 Å². The molecule has 29 heavy (non-hydrogen) atoms. The van der Waals surface area contributed by atoms with Crippen LogP contribution in [-0.2, 0) is 10.0 Å². The first-order valence-electron chi connectivity index (χ1n) is 9.29. The SMILES string of the molecule is COc1ccc(S(N)(=O)=O)cc1C(=O)NC[C@@H](c1ccccc1Cl)N1CCCC1. The monoisotopic (exact) mass is 437 g/mol. The van der Waals surface area contributed by atoms with Gasteiger partial charge >= 0.3 is 0 Å². The number of rotatable bonds is 7. The third-order valence-electron chi connectivity index (χ3n) is 5.05. The van der Waals surface area contributed by atoms with Gasteiger partial charge in [-0.05, 0) is 55.8 Å². The number of primary sulfonamides is 1.